The highest BCUT2D eigenvalue weighted by molar-refractivity contribution is 5.89. The molecule has 1 aromatic heterocycles. The van der Waals surface area contributed by atoms with E-state index in [2.05, 4.69) is 4.98 Å². The quantitative estimate of drug-likeness (QED) is 0.825. The van der Waals surface area contributed by atoms with Crippen molar-refractivity contribution in [1.29, 1.82) is 0 Å². The summed E-state index contributed by atoms with van der Waals surface area (Å²) in [6.07, 6.45) is -0.254. The van der Waals surface area contributed by atoms with Crippen LogP contribution in [0.5, 0.6) is 0 Å². The molecule has 1 fully saturated rings. The van der Waals surface area contributed by atoms with Crippen molar-refractivity contribution in [2.45, 2.75) is 31.5 Å². The third kappa shape index (κ3) is 4.67. The summed E-state index contributed by atoms with van der Waals surface area (Å²) < 4.78 is 37.2. The van der Waals surface area contributed by atoms with E-state index in [0.717, 1.165) is 10.5 Å². The zero-order chi connectivity index (χ0) is 17.0. The number of likely N-dealkylation sites (N-methyl/N-ethyl adjacent to an activating group) is 1. The van der Waals surface area contributed by atoms with Crippen molar-refractivity contribution < 1.29 is 22.8 Å². The van der Waals surface area contributed by atoms with Crippen molar-refractivity contribution in [2.75, 3.05) is 20.1 Å². The molecule has 1 aliphatic rings. The largest absolute Gasteiger partial charge is 0.406 e. The number of halogens is 3. The van der Waals surface area contributed by atoms with Gasteiger partial charge in [0.1, 0.15) is 12.6 Å². The number of pyridine rings is 1. The molecule has 2 heterocycles. The standard InChI is InChI=1S/C15H18F3N3O2/c1-20(13(22)5-4-11-3-2-7-19-9-11)12-6-8-21(14(12)23)10-15(16,17)18/h2-3,7,9,12H,4-6,8,10H2,1H3/t12-/m1/s1. The van der Waals surface area contributed by atoms with Crippen LogP contribution >= 0.6 is 0 Å². The van der Waals surface area contributed by atoms with Crippen LogP contribution in [0.2, 0.25) is 0 Å². The Morgan fingerprint density at radius 1 is 1.48 bits per heavy atom. The van der Waals surface area contributed by atoms with Gasteiger partial charge in [-0.05, 0) is 24.5 Å². The minimum atomic E-state index is -4.42. The Bertz CT molecular complexity index is 563. The molecule has 0 aromatic carbocycles. The van der Waals surface area contributed by atoms with E-state index >= 15 is 0 Å². The van der Waals surface area contributed by atoms with E-state index in [4.69, 9.17) is 0 Å². The van der Waals surface area contributed by atoms with E-state index in [1.807, 2.05) is 6.07 Å². The Balaban J connectivity index is 1.88. The van der Waals surface area contributed by atoms with Gasteiger partial charge in [0.2, 0.25) is 11.8 Å². The van der Waals surface area contributed by atoms with Gasteiger partial charge in [0.05, 0.1) is 0 Å². The Labute approximate surface area is 132 Å². The zero-order valence-electron chi connectivity index (χ0n) is 12.7. The van der Waals surface area contributed by atoms with Gasteiger partial charge in [0.25, 0.3) is 0 Å². The molecule has 0 radical (unpaired) electrons. The number of hydrogen-bond acceptors (Lipinski definition) is 3. The summed E-state index contributed by atoms with van der Waals surface area (Å²) in [5.41, 5.74) is 0.894. The average molecular weight is 329 g/mol. The predicted molar refractivity (Wildman–Crippen MR) is 76.4 cm³/mol. The molecule has 0 unspecified atom stereocenters. The van der Waals surface area contributed by atoms with Crippen LogP contribution in [0.3, 0.4) is 0 Å². The lowest BCUT2D eigenvalue weighted by Gasteiger charge is -2.24. The fourth-order valence-electron chi connectivity index (χ4n) is 2.60. The minimum absolute atomic E-state index is 0.0171. The van der Waals surface area contributed by atoms with Gasteiger partial charge in [-0.1, -0.05) is 6.07 Å². The van der Waals surface area contributed by atoms with Crippen molar-refractivity contribution in [1.82, 2.24) is 14.8 Å². The molecule has 1 aromatic rings. The molecule has 23 heavy (non-hydrogen) atoms. The van der Waals surface area contributed by atoms with Crippen LogP contribution in [-0.2, 0) is 16.0 Å². The van der Waals surface area contributed by atoms with E-state index in [9.17, 15) is 22.8 Å². The van der Waals surface area contributed by atoms with Crippen LogP contribution in [0.4, 0.5) is 13.2 Å². The molecular formula is C15H18F3N3O2. The summed E-state index contributed by atoms with van der Waals surface area (Å²) in [4.78, 5) is 30.1. The molecule has 0 bridgehead atoms. The van der Waals surface area contributed by atoms with Gasteiger partial charge in [-0.3, -0.25) is 14.6 Å². The van der Waals surface area contributed by atoms with Gasteiger partial charge in [0, 0.05) is 32.4 Å². The molecule has 8 heteroatoms. The second-order valence-electron chi connectivity index (χ2n) is 5.55. The lowest BCUT2D eigenvalue weighted by molar-refractivity contribution is -0.159. The van der Waals surface area contributed by atoms with Crippen LogP contribution in [0.25, 0.3) is 0 Å². The lowest BCUT2D eigenvalue weighted by atomic mass is 10.1. The monoisotopic (exact) mass is 329 g/mol. The second-order valence-corrected chi connectivity index (χ2v) is 5.55. The van der Waals surface area contributed by atoms with E-state index in [0.29, 0.717) is 6.42 Å². The van der Waals surface area contributed by atoms with Crippen molar-refractivity contribution in [3.8, 4) is 0 Å². The molecule has 2 rings (SSSR count). The Kier molecular flexibility index (Phi) is 5.23. The number of carbonyl (C=O) groups excluding carboxylic acids is 2. The van der Waals surface area contributed by atoms with E-state index in [1.54, 1.807) is 18.5 Å². The van der Waals surface area contributed by atoms with E-state index in [1.165, 1.54) is 11.9 Å². The third-order valence-electron chi connectivity index (χ3n) is 3.85. The Morgan fingerprint density at radius 3 is 2.83 bits per heavy atom. The summed E-state index contributed by atoms with van der Waals surface area (Å²) in [5.74, 6) is -0.902. The summed E-state index contributed by atoms with van der Waals surface area (Å²) in [6, 6.07) is 2.80. The SMILES string of the molecule is CN(C(=O)CCc1cccnc1)[C@@H]1CCN(CC(F)(F)F)C1=O. The zero-order valence-corrected chi connectivity index (χ0v) is 12.7. The molecule has 0 N–H and O–H groups in total. The van der Waals surface area contributed by atoms with Crippen LogP contribution in [0, 0.1) is 0 Å². The van der Waals surface area contributed by atoms with Gasteiger partial charge in [-0.15, -0.1) is 0 Å². The number of likely N-dealkylation sites (tertiary alicyclic amines) is 1. The van der Waals surface area contributed by atoms with Gasteiger partial charge >= 0.3 is 6.18 Å². The van der Waals surface area contributed by atoms with Crippen molar-refractivity contribution in [2.24, 2.45) is 0 Å². The highest BCUT2D eigenvalue weighted by atomic mass is 19.4. The first-order chi connectivity index (χ1) is 10.8. The van der Waals surface area contributed by atoms with Crippen LogP contribution in [0.15, 0.2) is 24.5 Å². The first-order valence-electron chi connectivity index (χ1n) is 7.28. The molecule has 1 aliphatic heterocycles. The smallest absolute Gasteiger partial charge is 0.334 e. The molecule has 0 saturated carbocycles. The Morgan fingerprint density at radius 2 is 2.22 bits per heavy atom. The van der Waals surface area contributed by atoms with Crippen LogP contribution < -0.4 is 0 Å². The highest BCUT2D eigenvalue weighted by Crippen LogP contribution is 2.23. The van der Waals surface area contributed by atoms with Gasteiger partial charge in [-0.25, -0.2) is 0 Å². The second kappa shape index (κ2) is 6.97. The molecule has 0 spiro atoms. The topological polar surface area (TPSA) is 53.5 Å². The fourth-order valence-corrected chi connectivity index (χ4v) is 2.60. The first-order valence-corrected chi connectivity index (χ1v) is 7.28. The van der Waals surface area contributed by atoms with Gasteiger partial charge < -0.3 is 9.80 Å². The summed E-state index contributed by atoms with van der Waals surface area (Å²) >= 11 is 0. The molecule has 1 atom stereocenters. The molecule has 126 valence electrons. The summed E-state index contributed by atoms with van der Waals surface area (Å²) in [5, 5.41) is 0. The number of amides is 2. The van der Waals surface area contributed by atoms with Crippen molar-refractivity contribution in [3.05, 3.63) is 30.1 Å². The summed E-state index contributed by atoms with van der Waals surface area (Å²) in [7, 11) is 1.46. The summed E-state index contributed by atoms with van der Waals surface area (Å²) in [6.45, 7) is -1.25. The first kappa shape index (κ1) is 17.2. The molecular weight excluding hydrogens is 311 g/mol. The number of rotatable bonds is 5. The number of carbonyl (C=O) groups is 2. The number of hydrogen-bond donors (Lipinski definition) is 0. The van der Waals surface area contributed by atoms with E-state index < -0.39 is 24.7 Å². The van der Waals surface area contributed by atoms with Crippen molar-refractivity contribution >= 4 is 11.8 Å². The number of alkyl halides is 3. The molecule has 1 saturated heterocycles. The Hall–Kier alpha value is -2.12. The van der Waals surface area contributed by atoms with Crippen LogP contribution in [-0.4, -0.2) is 59.0 Å². The van der Waals surface area contributed by atoms with Crippen LogP contribution in [0.1, 0.15) is 18.4 Å². The third-order valence-corrected chi connectivity index (χ3v) is 3.85. The number of nitrogens with zero attached hydrogens (tertiary/aromatic N) is 3. The fraction of sp³-hybridized carbons (Fsp3) is 0.533. The average Bonchev–Trinajstić information content (AvgIpc) is 2.84. The van der Waals surface area contributed by atoms with Crippen molar-refractivity contribution in [3.63, 3.8) is 0 Å². The number of aromatic nitrogens is 1. The van der Waals surface area contributed by atoms with Gasteiger partial charge in [-0.2, -0.15) is 13.2 Å². The highest BCUT2D eigenvalue weighted by Gasteiger charge is 2.41. The normalized spacial score (nSPS) is 18.3. The maximum Gasteiger partial charge on any atom is 0.406 e. The molecule has 0 aliphatic carbocycles. The maximum absolute atomic E-state index is 12.4. The maximum atomic E-state index is 12.4. The molecule has 2 amide bonds. The lowest BCUT2D eigenvalue weighted by Crippen LogP contribution is -2.44. The molecule has 5 nitrogen and oxygen atoms in total. The predicted octanol–water partition coefficient (Wildman–Crippen LogP) is 1.64. The minimum Gasteiger partial charge on any atom is -0.334 e. The number of aryl methyl sites for hydroxylation is 1. The van der Waals surface area contributed by atoms with Gasteiger partial charge in [0.15, 0.2) is 0 Å². The van der Waals surface area contributed by atoms with E-state index in [-0.39, 0.29) is 25.3 Å².